The summed E-state index contributed by atoms with van der Waals surface area (Å²) in [6.45, 7) is 6.96. The van der Waals surface area contributed by atoms with Crippen LogP contribution in [0.4, 0.5) is 11.4 Å². The van der Waals surface area contributed by atoms with Gasteiger partial charge in [-0.1, -0.05) is 35.3 Å². The van der Waals surface area contributed by atoms with E-state index in [1.165, 1.54) is 11.8 Å². The van der Waals surface area contributed by atoms with Gasteiger partial charge in [0.2, 0.25) is 11.8 Å². The number of benzene rings is 2. The molecule has 0 atom stereocenters. The normalized spacial score (nSPS) is 10.5. The number of amides is 2. The second-order valence-electron chi connectivity index (χ2n) is 6.03. The maximum absolute atomic E-state index is 12.4. The van der Waals surface area contributed by atoms with Gasteiger partial charge in [-0.3, -0.25) is 9.59 Å². The topological polar surface area (TPSA) is 49.4 Å². The van der Waals surface area contributed by atoms with Crippen molar-refractivity contribution in [2.75, 3.05) is 16.8 Å². The largest absolute Gasteiger partial charge is 0.323 e. The minimum Gasteiger partial charge on any atom is -0.323 e. The highest BCUT2D eigenvalue weighted by Crippen LogP contribution is 2.28. The smallest absolute Gasteiger partial charge is 0.244 e. The van der Waals surface area contributed by atoms with Gasteiger partial charge >= 0.3 is 0 Å². The minimum absolute atomic E-state index is 0.127. The molecule has 0 aromatic heterocycles. The van der Waals surface area contributed by atoms with Crippen LogP contribution in [0.2, 0.25) is 10.0 Å². The summed E-state index contributed by atoms with van der Waals surface area (Å²) in [6, 6.07) is 8.97. The second kappa shape index (κ2) is 7.89. The van der Waals surface area contributed by atoms with Crippen LogP contribution in [0.1, 0.15) is 23.6 Å². The molecule has 4 nitrogen and oxygen atoms in total. The van der Waals surface area contributed by atoms with Crippen LogP contribution in [-0.2, 0) is 9.59 Å². The van der Waals surface area contributed by atoms with Crippen molar-refractivity contribution in [3.8, 4) is 0 Å². The average Bonchev–Trinajstić information content (AvgIpc) is 2.51. The van der Waals surface area contributed by atoms with Crippen LogP contribution in [-0.4, -0.2) is 18.4 Å². The lowest BCUT2D eigenvalue weighted by Gasteiger charge is -2.22. The fourth-order valence-corrected chi connectivity index (χ4v) is 3.07. The SMILES string of the molecule is CC(=O)N(CC(=O)Nc1c(C)cc(C)cc1Cl)c1ccc(C)c(Cl)c1. The molecule has 1 N–H and O–H groups in total. The fraction of sp³-hybridized carbons (Fsp3) is 0.263. The first-order valence-corrected chi connectivity index (χ1v) is 8.55. The van der Waals surface area contributed by atoms with Crippen molar-refractivity contribution in [1.82, 2.24) is 0 Å². The second-order valence-corrected chi connectivity index (χ2v) is 6.84. The van der Waals surface area contributed by atoms with E-state index in [1.807, 2.05) is 32.9 Å². The Morgan fingerprint density at radius 2 is 1.68 bits per heavy atom. The van der Waals surface area contributed by atoms with E-state index in [4.69, 9.17) is 23.2 Å². The zero-order chi connectivity index (χ0) is 18.7. The first-order chi connectivity index (χ1) is 11.7. The van der Waals surface area contributed by atoms with E-state index >= 15 is 0 Å². The van der Waals surface area contributed by atoms with Gasteiger partial charge < -0.3 is 10.2 Å². The summed E-state index contributed by atoms with van der Waals surface area (Å²) in [4.78, 5) is 25.8. The number of nitrogens with one attached hydrogen (secondary N) is 1. The predicted molar refractivity (Wildman–Crippen MR) is 104 cm³/mol. The van der Waals surface area contributed by atoms with Crippen LogP contribution in [0, 0.1) is 20.8 Å². The Morgan fingerprint density at radius 3 is 2.24 bits per heavy atom. The van der Waals surface area contributed by atoms with Crippen LogP contribution in [0.5, 0.6) is 0 Å². The van der Waals surface area contributed by atoms with E-state index in [0.29, 0.717) is 21.4 Å². The van der Waals surface area contributed by atoms with Gasteiger partial charge in [0.25, 0.3) is 0 Å². The summed E-state index contributed by atoms with van der Waals surface area (Å²) in [5.41, 5.74) is 3.92. The number of rotatable bonds is 4. The Kier molecular flexibility index (Phi) is 6.09. The van der Waals surface area contributed by atoms with E-state index < -0.39 is 0 Å². The molecule has 0 spiro atoms. The molecule has 2 aromatic rings. The molecule has 0 saturated carbocycles. The fourth-order valence-electron chi connectivity index (χ4n) is 2.53. The molecule has 0 fully saturated rings. The van der Waals surface area contributed by atoms with Crippen LogP contribution in [0.3, 0.4) is 0 Å². The number of anilines is 2. The van der Waals surface area contributed by atoms with Gasteiger partial charge in [-0.2, -0.15) is 0 Å². The van der Waals surface area contributed by atoms with Crippen molar-refractivity contribution >= 4 is 46.4 Å². The number of aryl methyl sites for hydroxylation is 3. The molecule has 0 aliphatic rings. The molecule has 0 saturated heterocycles. The highest BCUT2D eigenvalue weighted by molar-refractivity contribution is 6.34. The number of hydrogen-bond donors (Lipinski definition) is 1. The third-order valence-electron chi connectivity index (χ3n) is 3.85. The Balaban J connectivity index is 2.21. The summed E-state index contributed by atoms with van der Waals surface area (Å²) in [7, 11) is 0. The lowest BCUT2D eigenvalue weighted by atomic mass is 10.1. The van der Waals surface area contributed by atoms with Gasteiger partial charge in [-0.15, -0.1) is 0 Å². The van der Waals surface area contributed by atoms with Crippen molar-refractivity contribution in [2.24, 2.45) is 0 Å². The zero-order valence-electron chi connectivity index (χ0n) is 14.6. The molecular formula is C19H20Cl2N2O2. The molecule has 0 aliphatic carbocycles. The summed E-state index contributed by atoms with van der Waals surface area (Å²) in [6.07, 6.45) is 0. The Bertz CT molecular complexity index is 811. The van der Waals surface area contributed by atoms with Gasteiger partial charge in [0, 0.05) is 17.6 Å². The zero-order valence-corrected chi connectivity index (χ0v) is 16.1. The number of nitrogens with zero attached hydrogens (tertiary/aromatic N) is 1. The molecule has 2 amide bonds. The molecule has 6 heteroatoms. The molecule has 2 rings (SSSR count). The van der Waals surface area contributed by atoms with E-state index in [1.54, 1.807) is 18.2 Å². The van der Waals surface area contributed by atoms with Crippen LogP contribution in [0.25, 0.3) is 0 Å². The lowest BCUT2D eigenvalue weighted by Crippen LogP contribution is -2.36. The van der Waals surface area contributed by atoms with E-state index in [-0.39, 0.29) is 18.4 Å². The molecule has 132 valence electrons. The number of carbonyl (C=O) groups excluding carboxylic acids is 2. The molecule has 0 aliphatic heterocycles. The number of hydrogen-bond acceptors (Lipinski definition) is 2. The molecule has 0 bridgehead atoms. The first kappa shape index (κ1) is 19.3. The van der Waals surface area contributed by atoms with Gasteiger partial charge in [0.15, 0.2) is 0 Å². The van der Waals surface area contributed by atoms with Crippen molar-refractivity contribution in [1.29, 1.82) is 0 Å². The van der Waals surface area contributed by atoms with Crippen LogP contribution in [0.15, 0.2) is 30.3 Å². The van der Waals surface area contributed by atoms with Crippen LogP contribution >= 0.6 is 23.2 Å². The quantitative estimate of drug-likeness (QED) is 0.821. The summed E-state index contributed by atoms with van der Waals surface area (Å²) in [5.74, 6) is -0.581. The molecule has 0 radical (unpaired) electrons. The van der Waals surface area contributed by atoms with Gasteiger partial charge in [-0.25, -0.2) is 0 Å². The predicted octanol–water partition coefficient (Wildman–Crippen LogP) is 4.91. The van der Waals surface area contributed by atoms with E-state index in [9.17, 15) is 9.59 Å². The number of halogens is 2. The Labute approximate surface area is 157 Å². The van der Waals surface area contributed by atoms with Crippen molar-refractivity contribution in [2.45, 2.75) is 27.7 Å². The van der Waals surface area contributed by atoms with Gasteiger partial charge in [-0.05, 0) is 55.7 Å². The lowest BCUT2D eigenvalue weighted by molar-refractivity contribution is -0.120. The standard InChI is InChI=1S/C19H20Cl2N2O2/c1-11-7-13(3)19(17(21)8-11)22-18(25)10-23(14(4)24)15-6-5-12(2)16(20)9-15/h5-9H,10H2,1-4H3,(H,22,25). The Hall–Kier alpha value is -2.04. The number of carbonyl (C=O) groups is 2. The highest BCUT2D eigenvalue weighted by atomic mass is 35.5. The van der Waals surface area contributed by atoms with Crippen molar-refractivity contribution in [3.05, 3.63) is 57.1 Å². The molecule has 2 aromatic carbocycles. The third-order valence-corrected chi connectivity index (χ3v) is 4.55. The van der Waals surface area contributed by atoms with Gasteiger partial charge in [0.05, 0.1) is 10.7 Å². The first-order valence-electron chi connectivity index (χ1n) is 7.80. The Morgan fingerprint density at radius 1 is 1.00 bits per heavy atom. The van der Waals surface area contributed by atoms with Crippen LogP contribution < -0.4 is 10.2 Å². The van der Waals surface area contributed by atoms with E-state index in [0.717, 1.165) is 16.7 Å². The maximum Gasteiger partial charge on any atom is 0.244 e. The van der Waals surface area contributed by atoms with Crippen molar-refractivity contribution < 1.29 is 9.59 Å². The van der Waals surface area contributed by atoms with Crippen molar-refractivity contribution in [3.63, 3.8) is 0 Å². The molecule has 25 heavy (non-hydrogen) atoms. The summed E-state index contributed by atoms with van der Waals surface area (Å²) >= 11 is 12.3. The van der Waals surface area contributed by atoms with Gasteiger partial charge in [0.1, 0.15) is 6.54 Å². The van der Waals surface area contributed by atoms with E-state index in [2.05, 4.69) is 5.32 Å². The molecule has 0 heterocycles. The monoisotopic (exact) mass is 378 g/mol. The summed E-state index contributed by atoms with van der Waals surface area (Å²) < 4.78 is 0. The molecular weight excluding hydrogens is 359 g/mol. The summed E-state index contributed by atoms with van der Waals surface area (Å²) in [5, 5.41) is 3.80. The third kappa shape index (κ3) is 4.74. The molecule has 0 unspecified atom stereocenters. The highest BCUT2D eigenvalue weighted by Gasteiger charge is 2.18. The minimum atomic E-state index is -0.333. The average molecular weight is 379 g/mol. The maximum atomic E-state index is 12.4.